The molecule has 3 heteroatoms. The van der Waals surface area contributed by atoms with Crippen molar-refractivity contribution >= 4 is 5.91 Å². The van der Waals surface area contributed by atoms with Gasteiger partial charge in [0, 0.05) is 30.9 Å². The zero-order valence-electron chi connectivity index (χ0n) is 14.4. The molecule has 0 N–H and O–H groups in total. The molecule has 0 aromatic rings. The van der Waals surface area contributed by atoms with Crippen LogP contribution in [0.15, 0.2) is 23.4 Å². The highest BCUT2D eigenvalue weighted by Gasteiger charge is 2.36. The minimum Gasteiger partial charge on any atom is -0.315 e. The molecule has 1 fully saturated rings. The van der Waals surface area contributed by atoms with Crippen LogP contribution in [0.3, 0.4) is 0 Å². The summed E-state index contributed by atoms with van der Waals surface area (Å²) in [6.07, 6.45) is 5.43. The molecule has 2 aliphatic rings. The summed E-state index contributed by atoms with van der Waals surface area (Å²) in [5.74, 6) is 0.953. The van der Waals surface area contributed by atoms with Gasteiger partial charge in [0.2, 0.25) is 5.91 Å². The molecule has 3 nitrogen and oxygen atoms in total. The SMILES string of the molecule is CC1=C[C@H](C)C(=O)N(CCN2C[C@H](C)CC2(C)C)C(C)=C1. The molecule has 1 amide bonds. The van der Waals surface area contributed by atoms with Crippen molar-refractivity contribution in [3.63, 3.8) is 0 Å². The van der Waals surface area contributed by atoms with Gasteiger partial charge >= 0.3 is 0 Å². The van der Waals surface area contributed by atoms with Crippen LogP contribution in [0, 0.1) is 11.8 Å². The lowest BCUT2D eigenvalue weighted by atomic mass is 9.98. The van der Waals surface area contributed by atoms with Crippen LogP contribution in [0.1, 0.15) is 48.0 Å². The number of amides is 1. The number of hydrogen-bond donors (Lipinski definition) is 0. The van der Waals surface area contributed by atoms with Crippen molar-refractivity contribution in [1.29, 1.82) is 0 Å². The molecule has 0 bridgehead atoms. The molecule has 0 radical (unpaired) electrons. The number of carbonyl (C=O) groups is 1. The average Bonchev–Trinajstić information content (AvgIpc) is 2.56. The molecule has 2 rings (SSSR count). The molecule has 21 heavy (non-hydrogen) atoms. The minimum atomic E-state index is -0.0239. The number of carbonyl (C=O) groups excluding carboxylic acids is 1. The molecule has 0 aromatic carbocycles. The first-order chi connectivity index (χ1) is 9.70. The second-order valence-electron chi connectivity index (χ2n) is 7.54. The summed E-state index contributed by atoms with van der Waals surface area (Å²) < 4.78 is 0. The van der Waals surface area contributed by atoms with E-state index in [2.05, 4.69) is 44.7 Å². The minimum absolute atomic E-state index is 0.0239. The van der Waals surface area contributed by atoms with Crippen molar-refractivity contribution in [3.05, 3.63) is 23.4 Å². The Morgan fingerprint density at radius 1 is 1.24 bits per heavy atom. The van der Waals surface area contributed by atoms with Crippen LogP contribution in [-0.2, 0) is 4.79 Å². The van der Waals surface area contributed by atoms with Gasteiger partial charge in [-0.25, -0.2) is 0 Å². The Hall–Kier alpha value is -1.09. The standard InChI is InChI=1S/C18H30N2O/c1-13-9-15(3)17(21)20(16(4)10-13)8-7-19-12-14(2)11-18(19,5)6/h9-10,14-15H,7-8,11-12H2,1-6H3/t14-,15+/m1/s1. The van der Waals surface area contributed by atoms with Gasteiger partial charge in [-0.1, -0.05) is 25.5 Å². The lowest BCUT2D eigenvalue weighted by molar-refractivity contribution is -0.131. The lowest BCUT2D eigenvalue weighted by Gasteiger charge is -2.34. The number of likely N-dealkylation sites (tertiary alicyclic amines) is 1. The Morgan fingerprint density at radius 3 is 2.48 bits per heavy atom. The normalized spacial score (nSPS) is 30.2. The molecule has 0 unspecified atom stereocenters. The number of rotatable bonds is 3. The molecule has 2 atom stereocenters. The Kier molecular flexibility index (Phi) is 4.62. The number of allylic oxidation sites excluding steroid dienone is 3. The molecule has 118 valence electrons. The fourth-order valence-corrected chi connectivity index (χ4v) is 3.91. The van der Waals surface area contributed by atoms with E-state index in [1.54, 1.807) is 0 Å². The Morgan fingerprint density at radius 2 is 1.90 bits per heavy atom. The van der Waals surface area contributed by atoms with E-state index in [0.29, 0.717) is 0 Å². The van der Waals surface area contributed by atoms with E-state index >= 15 is 0 Å². The van der Waals surface area contributed by atoms with Gasteiger partial charge in [0.05, 0.1) is 5.92 Å². The maximum absolute atomic E-state index is 12.6. The lowest BCUT2D eigenvalue weighted by Crippen LogP contribution is -2.44. The fraction of sp³-hybridized carbons (Fsp3) is 0.722. The zero-order chi connectivity index (χ0) is 15.8. The van der Waals surface area contributed by atoms with E-state index in [0.717, 1.165) is 31.2 Å². The molecular formula is C18H30N2O. The van der Waals surface area contributed by atoms with Crippen LogP contribution in [0.5, 0.6) is 0 Å². The Balaban J connectivity index is 2.05. The van der Waals surface area contributed by atoms with Gasteiger partial charge in [-0.2, -0.15) is 0 Å². The summed E-state index contributed by atoms with van der Waals surface area (Å²) in [4.78, 5) is 17.1. The summed E-state index contributed by atoms with van der Waals surface area (Å²) in [5.41, 5.74) is 2.51. The van der Waals surface area contributed by atoms with Crippen LogP contribution in [0.2, 0.25) is 0 Å². The third kappa shape index (κ3) is 3.57. The quantitative estimate of drug-likeness (QED) is 0.795. The zero-order valence-corrected chi connectivity index (χ0v) is 14.4. The van der Waals surface area contributed by atoms with Crippen LogP contribution in [0.4, 0.5) is 0 Å². The molecule has 0 spiro atoms. The molecule has 0 saturated carbocycles. The van der Waals surface area contributed by atoms with Crippen LogP contribution >= 0.6 is 0 Å². The van der Waals surface area contributed by atoms with E-state index in [4.69, 9.17) is 0 Å². The maximum atomic E-state index is 12.6. The molecule has 1 saturated heterocycles. The fourth-order valence-electron chi connectivity index (χ4n) is 3.91. The first kappa shape index (κ1) is 16.3. The van der Waals surface area contributed by atoms with Gasteiger partial charge in [0.15, 0.2) is 0 Å². The van der Waals surface area contributed by atoms with E-state index in [1.807, 2.05) is 18.7 Å². The second-order valence-corrected chi connectivity index (χ2v) is 7.54. The molecular weight excluding hydrogens is 260 g/mol. The van der Waals surface area contributed by atoms with Crippen molar-refractivity contribution < 1.29 is 4.79 Å². The predicted octanol–water partition coefficient (Wildman–Crippen LogP) is 3.44. The van der Waals surface area contributed by atoms with E-state index < -0.39 is 0 Å². The Bertz CT molecular complexity index is 476. The predicted molar refractivity (Wildman–Crippen MR) is 87.8 cm³/mol. The summed E-state index contributed by atoms with van der Waals surface area (Å²) in [5, 5.41) is 0. The highest BCUT2D eigenvalue weighted by atomic mass is 16.2. The summed E-state index contributed by atoms with van der Waals surface area (Å²) in [6.45, 7) is 16.0. The monoisotopic (exact) mass is 290 g/mol. The molecule has 0 aromatic heterocycles. The van der Waals surface area contributed by atoms with Crippen molar-refractivity contribution in [1.82, 2.24) is 9.80 Å². The second kappa shape index (κ2) is 5.96. The van der Waals surface area contributed by atoms with Gasteiger partial charge in [-0.3, -0.25) is 9.69 Å². The largest absolute Gasteiger partial charge is 0.315 e. The van der Waals surface area contributed by atoms with Gasteiger partial charge in [-0.05, 0) is 46.1 Å². The molecule has 2 heterocycles. The highest BCUT2D eigenvalue weighted by molar-refractivity contribution is 5.82. The summed E-state index contributed by atoms with van der Waals surface area (Å²) in [7, 11) is 0. The highest BCUT2D eigenvalue weighted by Crippen LogP contribution is 2.32. The first-order valence-corrected chi connectivity index (χ1v) is 8.14. The van der Waals surface area contributed by atoms with Gasteiger partial charge in [0.1, 0.15) is 0 Å². The first-order valence-electron chi connectivity index (χ1n) is 8.14. The van der Waals surface area contributed by atoms with Gasteiger partial charge < -0.3 is 4.90 Å². The topological polar surface area (TPSA) is 23.6 Å². The molecule has 2 aliphatic heterocycles. The average molecular weight is 290 g/mol. The van der Waals surface area contributed by atoms with Crippen LogP contribution in [-0.4, -0.2) is 40.9 Å². The smallest absolute Gasteiger partial charge is 0.233 e. The summed E-state index contributed by atoms with van der Waals surface area (Å²) >= 11 is 0. The summed E-state index contributed by atoms with van der Waals surface area (Å²) in [6, 6.07) is 0. The van der Waals surface area contributed by atoms with Gasteiger partial charge in [-0.15, -0.1) is 0 Å². The van der Waals surface area contributed by atoms with Crippen molar-refractivity contribution in [2.75, 3.05) is 19.6 Å². The third-order valence-corrected chi connectivity index (χ3v) is 4.86. The van der Waals surface area contributed by atoms with Crippen LogP contribution < -0.4 is 0 Å². The third-order valence-electron chi connectivity index (χ3n) is 4.86. The van der Waals surface area contributed by atoms with Crippen molar-refractivity contribution in [3.8, 4) is 0 Å². The van der Waals surface area contributed by atoms with E-state index in [1.165, 1.54) is 12.0 Å². The Labute approximate surface area is 129 Å². The number of nitrogens with zero attached hydrogens (tertiary/aromatic N) is 2. The maximum Gasteiger partial charge on any atom is 0.233 e. The number of hydrogen-bond acceptors (Lipinski definition) is 2. The van der Waals surface area contributed by atoms with Crippen molar-refractivity contribution in [2.24, 2.45) is 11.8 Å². The van der Waals surface area contributed by atoms with Crippen molar-refractivity contribution in [2.45, 2.75) is 53.5 Å². The van der Waals surface area contributed by atoms with Gasteiger partial charge in [0.25, 0.3) is 0 Å². The molecule has 0 aliphatic carbocycles. The van der Waals surface area contributed by atoms with Crippen LogP contribution in [0.25, 0.3) is 0 Å². The van der Waals surface area contributed by atoms with E-state index in [-0.39, 0.29) is 17.4 Å². The van der Waals surface area contributed by atoms with E-state index in [9.17, 15) is 4.79 Å².